The summed E-state index contributed by atoms with van der Waals surface area (Å²) >= 11 is 5.87. The lowest BCUT2D eigenvalue weighted by Gasteiger charge is -2.10. The van der Waals surface area contributed by atoms with Crippen molar-refractivity contribution in [3.63, 3.8) is 0 Å². The lowest BCUT2D eigenvalue weighted by molar-refractivity contribution is -0.135. The second-order valence-electron chi connectivity index (χ2n) is 4.15. The molecule has 120 valence electrons. The maximum atomic E-state index is 12.0. The van der Waals surface area contributed by atoms with Crippen LogP contribution in [-0.4, -0.2) is 32.7 Å². The highest BCUT2D eigenvalue weighted by atomic mass is 35.5. The molecule has 1 aromatic rings. The average Bonchev–Trinajstić information content (AvgIpc) is 2.36. The number of nitrogens with one attached hydrogen (secondary N) is 2. The van der Waals surface area contributed by atoms with Crippen molar-refractivity contribution in [2.24, 2.45) is 0 Å². The molecule has 2 N–H and O–H groups in total. The fourth-order valence-corrected chi connectivity index (χ4v) is 2.79. The molecular formula is C11H15ClF3N3O2S. The summed E-state index contributed by atoms with van der Waals surface area (Å²) < 4.78 is 61.7. The first-order chi connectivity index (χ1) is 9.65. The maximum absolute atomic E-state index is 12.0. The van der Waals surface area contributed by atoms with Crippen LogP contribution in [0.3, 0.4) is 0 Å². The maximum Gasteiger partial charge on any atom is 0.389 e. The van der Waals surface area contributed by atoms with Crippen molar-refractivity contribution in [1.29, 1.82) is 0 Å². The number of hydrogen-bond acceptors (Lipinski definition) is 4. The molecule has 0 fully saturated rings. The number of nitrogens with zero attached hydrogens (tertiary/aromatic N) is 1. The fraction of sp³-hybridized carbons (Fsp3) is 0.545. The normalized spacial score (nSPS) is 12.4. The molecule has 21 heavy (non-hydrogen) atoms. The van der Waals surface area contributed by atoms with Gasteiger partial charge in [-0.25, -0.2) is 18.1 Å². The van der Waals surface area contributed by atoms with Gasteiger partial charge < -0.3 is 5.32 Å². The Morgan fingerprint density at radius 2 is 2.05 bits per heavy atom. The number of sulfonamides is 1. The molecule has 0 bridgehead atoms. The van der Waals surface area contributed by atoms with E-state index < -0.39 is 22.6 Å². The third-order valence-corrected chi connectivity index (χ3v) is 4.12. The Labute approximate surface area is 126 Å². The van der Waals surface area contributed by atoms with E-state index in [9.17, 15) is 21.6 Å². The van der Waals surface area contributed by atoms with Crippen LogP contribution in [0.1, 0.15) is 19.8 Å². The van der Waals surface area contributed by atoms with Crippen molar-refractivity contribution in [3.05, 3.63) is 17.3 Å². The van der Waals surface area contributed by atoms with Crippen molar-refractivity contribution in [2.75, 3.05) is 18.4 Å². The van der Waals surface area contributed by atoms with Crippen molar-refractivity contribution in [3.8, 4) is 0 Å². The minimum Gasteiger partial charge on any atom is -0.369 e. The SMILES string of the molecule is CCNc1ncc(S(=O)(=O)NCCCC(F)(F)F)cc1Cl. The van der Waals surface area contributed by atoms with E-state index in [0.29, 0.717) is 12.4 Å². The number of rotatable bonds is 7. The number of pyridine rings is 1. The summed E-state index contributed by atoms with van der Waals surface area (Å²) in [6.07, 6.45) is -4.59. The minimum absolute atomic E-state index is 0.120. The second-order valence-corrected chi connectivity index (χ2v) is 6.32. The third-order valence-electron chi connectivity index (χ3n) is 2.40. The molecule has 5 nitrogen and oxygen atoms in total. The van der Waals surface area contributed by atoms with E-state index in [0.717, 1.165) is 6.20 Å². The number of alkyl halides is 3. The molecule has 1 heterocycles. The lowest BCUT2D eigenvalue weighted by Crippen LogP contribution is -2.26. The molecule has 10 heteroatoms. The Morgan fingerprint density at radius 3 is 2.57 bits per heavy atom. The highest BCUT2D eigenvalue weighted by molar-refractivity contribution is 7.89. The molecule has 0 aliphatic heterocycles. The van der Waals surface area contributed by atoms with E-state index in [2.05, 4.69) is 15.0 Å². The zero-order chi connectivity index (χ0) is 16.1. The van der Waals surface area contributed by atoms with Crippen LogP contribution in [0.15, 0.2) is 17.2 Å². The Hall–Kier alpha value is -1.06. The Morgan fingerprint density at radius 1 is 1.38 bits per heavy atom. The first-order valence-electron chi connectivity index (χ1n) is 6.11. The van der Waals surface area contributed by atoms with Gasteiger partial charge in [-0.2, -0.15) is 13.2 Å². The van der Waals surface area contributed by atoms with Crippen LogP contribution in [0.25, 0.3) is 0 Å². The summed E-state index contributed by atoms with van der Waals surface area (Å²) in [6, 6.07) is 1.19. The van der Waals surface area contributed by atoms with Gasteiger partial charge in [-0.05, 0) is 19.4 Å². The van der Waals surface area contributed by atoms with Gasteiger partial charge in [0, 0.05) is 25.7 Å². The highest BCUT2D eigenvalue weighted by Crippen LogP contribution is 2.23. The summed E-state index contributed by atoms with van der Waals surface area (Å²) in [5.74, 6) is 0.343. The molecule has 1 rings (SSSR count). The largest absolute Gasteiger partial charge is 0.389 e. The van der Waals surface area contributed by atoms with Crippen LogP contribution in [0.2, 0.25) is 5.02 Å². The minimum atomic E-state index is -4.30. The van der Waals surface area contributed by atoms with Gasteiger partial charge in [0.05, 0.1) is 5.02 Å². The topological polar surface area (TPSA) is 71.1 Å². The molecule has 0 aromatic carbocycles. The summed E-state index contributed by atoms with van der Waals surface area (Å²) in [6.45, 7) is 2.08. The van der Waals surface area contributed by atoms with Gasteiger partial charge in [0.2, 0.25) is 10.0 Å². The van der Waals surface area contributed by atoms with E-state index in [1.165, 1.54) is 6.07 Å². The summed E-state index contributed by atoms with van der Waals surface area (Å²) in [7, 11) is -3.92. The molecule has 0 aliphatic carbocycles. The first-order valence-corrected chi connectivity index (χ1v) is 7.97. The van der Waals surface area contributed by atoms with Gasteiger partial charge in [0.15, 0.2) is 0 Å². The van der Waals surface area contributed by atoms with E-state index in [4.69, 9.17) is 11.6 Å². The Bertz CT molecular complexity index is 579. The second kappa shape index (κ2) is 7.28. The van der Waals surface area contributed by atoms with Crippen LogP contribution >= 0.6 is 11.6 Å². The fourth-order valence-electron chi connectivity index (χ4n) is 1.44. The molecule has 0 radical (unpaired) electrons. The van der Waals surface area contributed by atoms with E-state index in [1.54, 1.807) is 0 Å². The summed E-state index contributed by atoms with van der Waals surface area (Å²) in [5, 5.41) is 2.96. The number of halogens is 4. The molecule has 0 amide bonds. The van der Waals surface area contributed by atoms with Crippen molar-refractivity contribution in [1.82, 2.24) is 9.71 Å². The molecular weight excluding hydrogens is 331 g/mol. The molecule has 0 aliphatic rings. The predicted octanol–water partition coefficient (Wildman–Crippen LogP) is 2.79. The molecule has 0 atom stereocenters. The average molecular weight is 346 g/mol. The van der Waals surface area contributed by atoms with E-state index in [1.807, 2.05) is 6.92 Å². The number of aromatic nitrogens is 1. The Balaban J connectivity index is 2.68. The van der Waals surface area contributed by atoms with E-state index >= 15 is 0 Å². The monoisotopic (exact) mass is 345 g/mol. The van der Waals surface area contributed by atoms with Gasteiger partial charge >= 0.3 is 6.18 Å². The predicted molar refractivity (Wildman–Crippen MR) is 73.9 cm³/mol. The third kappa shape index (κ3) is 6.06. The lowest BCUT2D eigenvalue weighted by atomic mass is 10.3. The molecule has 1 aromatic heterocycles. The molecule has 0 saturated heterocycles. The molecule has 0 saturated carbocycles. The summed E-state index contributed by atoms with van der Waals surface area (Å²) in [4.78, 5) is 3.67. The quantitative estimate of drug-likeness (QED) is 0.745. The van der Waals surface area contributed by atoms with Gasteiger partial charge in [-0.1, -0.05) is 11.6 Å². The van der Waals surface area contributed by atoms with Crippen molar-refractivity contribution < 1.29 is 21.6 Å². The van der Waals surface area contributed by atoms with Crippen molar-refractivity contribution in [2.45, 2.75) is 30.8 Å². The molecule has 0 spiro atoms. The number of anilines is 1. The van der Waals surface area contributed by atoms with Crippen molar-refractivity contribution >= 4 is 27.4 Å². The summed E-state index contributed by atoms with van der Waals surface area (Å²) in [5.41, 5.74) is 0. The zero-order valence-corrected chi connectivity index (χ0v) is 12.7. The zero-order valence-electron chi connectivity index (χ0n) is 11.2. The van der Waals surface area contributed by atoms with Gasteiger partial charge in [-0.15, -0.1) is 0 Å². The van der Waals surface area contributed by atoms with Gasteiger partial charge in [-0.3, -0.25) is 0 Å². The smallest absolute Gasteiger partial charge is 0.369 e. The van der Waals surface area contributed by atoms with E-state index in [-0.39, 0.29) is 22.9 Å². The van der Waals surface area contributed by atoms with Crippen LogP contribution in [0.4, 0.5) is 19.0 Å². The van der Waals surface area contributed by atoms with Gasteiger partial charge in [0.1, 0.15) is 10.7 Å². The number of hydrogen-bond donors (Lipinski definition) is 2. The van der Waals surface area contributed by atoms with Crippen LogP contribution in [0.5, 0.6) is 0 Å². The van der Waals surface area contributed by atoms with Crippen LogP contribution in [-0.2, 0) is 10.0 Å². The molecule has 0 unspecified atom stereocenters. The van der Waals surface area contributed by atoms with Crippen LogP contribution in [0, 0.1) is 0 Å². The first kappa shape index (κ1) is 18.0. The Kier molecular flexibility index (Phi) is 6.24. The van der Waals surface area contributed by atoms with Crippen LogP contribution < -0.4 is 10.0 Å². The highest BCUT2D eigenvalue weighted by Gasteiger charge is 2.26. The standard InChI is InChI=1S/C11H15ClF3N3O2S/c1-2-16-10-9(12)6-8(7-17-10)21(19,20)18-5-3-4-11(13,14)15/h6-7,18H,2-5H2,1H3,(H,16,17). The van der Waals surface area contributed by atoms with Gasteiger partial charge in [0.25, 0.3) is 0 Å².